The van der Waals surface area contributed by atoms with Gasteiger partial charge in [-0.3, -0.25) is 18.6 Å². The molecule has 4 unspecified atom stereocenters. The highest BCUT2D eigenvalue weighted by atomic mass is 127. The summed E-state index contributed by atoms with van der Waals surface area (Å²) in [5.41, 5.74) is 5.36. The van der Waals surface area contributed by atoms with E-state index in [1.165, 1.54) is 0 Å². The van der Waals surface area contributed by atoms with Crippen molar-refractivity contribution >= 4 is 48.6 Å². The molecule has 0 spiro atoms. The lowest BCUT2D eigenvalue weighted by Crippen LogP contribution is -2.31. The summed E-state index contributed by atoms with van der Waals surface area (Å²) in [6, 6.07) is -1.10. The molecule has 0 saturated carbocycles. The minimum Gasteiger partial charge on any atom is -0.463 e. The second-order valence-electron chi connectivity index (χ2n) is 8.09. The number of halogens is 1. The van der Waals surface area contributed by atoms with Gasteiger partial charge in [-0.2, -0.15) is 0 Å². The van der Waals surface area contributed by atoms with E-state index >= 15 is 0 Å². The molecule has 0 aromatic rings. The lowest BCUT2D eigenvalue weighted by molar-refractivity contribution is -0.151. The molecule has 0 heterocycles. The van der Waals surface area contributed by atoms with Crippen LogP contribution in [-0.4, -0.2) is 59.0 Å². The van der Waals surface area contributed by atoms with Gasteiger partial charge in [-0.15, -0.1) is 0 Å². The zero-order chi connectivity index (χ0) is 25.8. The molecule has 0 amide bonds. The molecule has 0 aromatic carbocycles. The molecule has 200 valence electrons. The van der Waals surface area contributed by atoms with Gasteiger partial charge in [-0.1, -0.05) is 87.8 Å². The Balaban J connectivity index is 4.76. The largest absolute Gasteiger partial charge is 0.472 e. The van der Waals surface area contributed by atoms with Crippen molar-refractivity contribution < 1.29 is 42.4 Å². The predicted octanol–water partition coefficient (Wildman–Crippen LogP) is 4.24. The second kappa shape index (κ2) is 20.6. The predicted molar refractivity (Wildman–Crippen MR) is 137 cm³/mol. The van der Waals surface area contributed by atoms with Gasteiger partial charge < -0.3 is 24.9 Å². The van der Waals surface area contributed by atoms with Crippen molar-refractivity contribution in [1.82, 2.24) is 0 Å². The van der Waals surface area contributed by atoms with Crippen LogP contribution in [0.4, 0.5) is 0 Å². The molecule has 0 rings (SSSR count). The molecule has 0 aromatic heterocycles. The quantitative estimate of drug-likeness (QED) is 0.0449. The molecule has 0 radical (unpaired) electrons. The number of aldehydes is 1. The molecule has 10 nitrogen and oxygen atoms in total. The van der Waals surface area contributed by atoms with Crippen molar-refractivity contribution in [1.29, 1.82) is 0 Å². The maximum atomic E-state index is 12.3. The Morgan fingerprint density at radius 3 is 2.18 bits per heavy atom. The van der Waals surface area contributed by atoms with E-state index in [0.29, 0.717) is 19.1 Å². The minimum atomic E-state index is -4.64. The third kappa shape index (κ3) is 18.7. The number of rotatable bonds is 22. The van der Waals surface area contributed by atoms with Gasteiger partial charge in [0.25, 0.3) is 0 Å². The van der Waals surface area contributed by atoms with Crippen molar-refractivity contribution in [2.75, 3.05) is 19.8 Å². The summed E-state index contributed by atoms with van der Waals surface area (Å²) in [5.74, 6) is -0.958. The highest BCUT2D eigenvalue weighted by Crippen LogP contribution is 2.44. The fraction of sp³-hybridized carbons (Fsp3) is 0.864. The van der Waals surface area contributed by atoms with Crippen LogP contribution >= 0.6 is 30.4 Å². The number of nitrogens with two attached hydrogens (primary N) is 1. The molecule has 0 fully saturated rings. The van der Waals surface area contributed by atoms with E-state index in [9.17, 15) is 23.8 Å². The maximum Gasteiger partial charge on any atom is 0.472 e. The number of phosphoric acid groups is 1. The Hall–Kier alpha value is -0.590. The highest BCUT2D eigenvalue weighted by molar-refractivity contribution is 14.1. The standard InChI is InChI=1S/C22H41INO9P/c1-3-5-7-9-11-13-21(26)30-16-19(33-34(28,29)32-15-18(24)14-25)17-31-22(27)20(23)12-10-8-6-4-2/h14,18-20H,3-13,15-17,24H2,1-2H3,(H,28,29). The van der Waals surface area contributed by atoms with Crippen molar-refractivity contribution in [2.45, 2.75) is 101 Å². The first-order chi connectivity index (χ1) is 16.1. The van der Waals surface area contributed by atoms with Crippen LogP contribution in [0.3, 0.4) is 0 Å². The van der Waals surface area contributed by atoms with E-state index in [-0.39, 0.29) is 10.3 Å². The molecule has 0 aliphatic heterocycles. The minimum absolute atomic E-state index is 0.214. The van der Waals surface area contributed by atoms with Crippen molar-refractivity contribution in [3.63, 3.8) is 0 Å². The molecule has 0 bridgehead atoms. The lowest BCUT2D eigenvalue weighted by atomic mass is 10.1. The van der Waals surface area contributed by atoms with Crippen LogP contribution in [0.25, 0.3) is 0 Å². The molecule has 34 heavy (non-hydrogen) atoms. The zero-order valence-electron chi connectivity index (χ0n) is 20.3. The Labute approximate surface area is 216 Å². The summed E-state index contributed by atoms with van der Waals surface area (Å²) in [7, 11) is -4.64. The Morgan fingerprint density at radius 1 is 0.971 bits per heavy atom. The number of hydrogen-bond acceptors (Lipinski definition) is 9. The SMILES string of the molecule is CCCCCCCC(=O)OCC(COC(=O)C(I)CCCCCC)OP(=O)(O)OCC(N)C=O. The van der Waals surface area contributed by atoms with E-state index in [1.54, 1.807) is 0 Å². The third-order valence-electron chi connectivity index (χ3n) is 4.78. The van der Waals surface area contributed by atoms with Crippen LogP contribution < -0.4 is 5.73 Å². The van der Waals surface area contributed by atoms with Gasteiger partial charge in [0.2, 0.25) is 0 Å². The number of hydrogen-bond donors (Lipinski definition) is 2. The first-order valence-electron chi connectivity index (χ1n) is 12.0. The van der Waals surface area contributed by atoms with Gasteiger partial charge in [0.05, 0.1) is 12.6 Å². The van der Waals surface area contributed by atoms with Crippen LogP contribution in [0.2, 0.25) is 0 Å². The van der Waals surface area contributed by atoms with Gasteiger partial charge in [0, 0.05) is 6.42 Å². The highest BCUT2D eigenvalue weighted by Gasteiger charge is 2.30. The lowest BCUT2D eigenvalue weighted by Gasteiger charge is -2.21. The third-order valence-corrected chi connectivity index (χ3v) is 6.95. The van der Waals surface area contributed by atoms with E-state index < -0.39 is 51.7 Å². The van der Waals surface area contributed by atoms with Crippen molar-refractivity contribution in [2.24, 2.45) is 5.73 Å². The Morgan fingerprint density at radius 2 is 1.56 bits per heavy atom. The number of ether oxygens (including phenoxy) is 2. The van der Waals surface area contributed by atoms with Gasteiger partial charge in [-0.25, -0.2) is 4.57 Å². The Kier molecular flexibility index (Phi) is 20.2. The van der Waals surface area contributed by atoms with Crippen LogP contribution in [0, 0.1) is 0 Å². The van der Waals surface area contributed by atoms with Crippen molar-refractivity contribution in [3.05, 3.63) is 0 Å². The first kappa shape index (κ1) is 33.4. The van der Waals surface area contributed by atoms with Gasteiger partial charge in [0.1, 0.15) is 29.5 Å². The van der Waals surface area contributed by atoms with E-state index in [2.05, 4.69) is 13.8 Å². The van der Waals surface area contributed by atoms with Crippen molar-refractivity contribution in [3.8, 4) is 0 Å². The molecule has 0 aliphatic rings. The van der Waals surface area contributed by atoms with Crippen LogP contribution in [0.1, 0.15) is 84.5 Å². The van der Waals surface area contributed by atoms with Crippen LogP contribution in [0.15, 0.2) is 0 Å². The topological polar surface area (TPSA) is 151 Å². The number of carbonyl (C=O) groups excluding carboxylic acids is 3. The molecular weight excluding hydrogens is 580 g/mol. The second-order valence-corrected chi connectivity index (χ2v) is 11.0. The molecule has 0 aliphatic carbocycles. The number of phosphoric ester groups is 1. The summed E-state index contributed by atoms with van der Waals surface area (Å²) >= 11 is 2.00. The van der Waals surface area contributed by atoms with Crippen LogP contribution in [-0.2, 0) is 37.5 Å². The van der Waals surface area contributed by atoms with Gasteiger partial charge >= 0.3 is 19.8 Å². The zero-order valence-corrected chi connectivity index (χ0v) is 23.4. The molecule has 12 heteroatoms. The van der Waals surface area contributed by atoms with E-state index in [4.69, 9.17) is 24.3 Å². The number of esters is 2. The summed E-state index contributed by atoms with van der Waals surface area (Å²) in [5, 5.41) is 0. The average molecular weight is 621 g/mol. The maximum absolute atomic E-state index is 12.3. The average Bonchev–Trinajstić information content (AvgIpc) is 2.81. The summed E-state index contributed by atoms with van der Waals surface area (Å²) in [6.07, 6.45) is 8.94. The summed E-state index contributed by atoms with van der Waals surface area (Å²) in [6.45, 7) is 2.88. The number of carbonyl (C=O) groups is 3. The van der Waals surface area contributed by atoms with E-state index in [1.807, 2.05) is 22.6 Å². The normalized spacial score (nSPS) is 15.7. The molecular formula is C22H41INO9P. The molecule has 0 saturated heterocycles. The van der Waals surface area contributed by atoms with Gasteiger partial charge in [-0.05, 0) is 12.8 Å². The fourth-order valence-corrected chi connectivity index (χ4v) is 4.35. The number of unbranched alkanes of at least 4 members (excludes halogenated alkanes) is 7. The Bertz CT molecular complexity index is 623. The summed E-state index contributed by atoms with van der Waals surface area (Å²) < 4.78 is 32.0. The van der Waals surface area contributed by atoms with Gasteiger partial charge in [0.15, 0.2) is 0 Å². The molecule has 4 atom stereocenters. The van der Waals surface area contributed by atoms with Crippen LogP contribution in [0.5, 0.6) is 0 Å². The monoisotopic (exact) mass is 621 g/mol. The molecule has 3 N–H and O–H groups in total. The number of alkyl halides is 1. The van der Waals surface area contributed by atoms with E-state index in [0.717, 1.165) is 51.4 Å². The first-order valence-corrected chi connectivity index (χ1v) is 14.7. The summed E-state index contributed by atoms with van der Waals surface area (Å²) in [4.78, 5) is 44.8. The smallest absolute Gasteiger partial charge is 0.463 e. The fourth-order valence-electron chi connectivity index (χ4n) is 2.81.